The molecule has 1 aliphatic carbocycles. The van der Waals surface area contributed by atoms with Crippen molar-refractivity contribution in [2.24, 2.45) is 10.4 Å². The maximum absolute atomic E-state index is 10.4. The molecule has 3 nitrogen and oxygen atoms in total. The van der Waals surface area contributed by atoms with Crippen LogP contribution in [0.3, 0.4) is 0 Å². The molecule has 2 rings (SSSR count). The summed E-state index contributed by atoms with van der Waals surface area (Å²) in [6.07, 6.45) is 6.51. The van der Waals surface area contributed by atoms with Gasteiger partial charge in [0.2, 0.25) is 0 Å². The topological polar surface area (TPSA) is 35.8 Å². The van der Waals surface area contributed by atoms with E-state index in [2.05, 4.69) is 25.7 Å². The highest BCUT2D eigenvalue weighted by Crippen LogP contribution is 2.34. The summed E-state index contributed by atoms with van der Waals surface area (Å²) < 4.78 is 0. The van der Waals surface area contributed by atoms with E-state index in [0.717, 1.165) is 12.4 Å². The molecular weight excluding hydrogens is 236 g/mol. The molecule has 3 heteroatoms. The highest BCUT2D eigenvalue weighted by Gasteiger charge is 2.41. The Balaban J connectivity index is 2.21. The van der Waals surface area contributed by atoms with Gasteiger partial charge in [-0.15, -0.1) is 0 Å². The predicted octanol–water partition coefficient (Wildman–Crippen LogP) is 3.22. The third kappa shape index (κ3) is 3.31. The number of nitrogens with zero attached hydrogens (tertiary/aromatic N) is 2. The van der Waals surface area contributed by atoms with Crippen molar-refractivity contribution in [1.82, 2.24) is 4.90 Å². The van der Waals surface area contributed by atoms with Gasteiger partial charge in [-0.25, -0.2) is 0 Å². The van der Waals surface area contributed by atoms with Crippen LogP contribution >= 0.6 is 0 Å². The van der Waals surface area contributed by atoms with Crippen LogP contribution in [0.4, 0.5) is 0 Å². The lowest BCUT2D eigenvalue weighted by Gasteiger charge is -2.37. The van der Waals surface area contributed by atoms with Crippen molar-refractivity contribution < 1.29 is 5.11 Å². The van der Waals surface area contributed by atoms with Crippen molar-refractivity contribution in [2.75, 3.05) is 6.54 Å². The van der Waals surface area contributed by atoms with Gasteiger partial charge in [0.25, 0.3) is 0 Å². The van der Waals surface area contributed by atoms with Gasteiger partial charge >= 0.3 is 0 Å². The smallest absolute Gasteiger partial charge is 0.131 e. The maximum Gasteiger partial charge on any atom is 0.131 e. The van der Waals surface area contributed by atoms with E-state index in [1.807, 2.05) is 13.8 Å². The highest BCUT2D eigenvalue weighted by molar-refractivity contribution is 5.91. The Kier molecular flexibility index (Phi) is 3.97. The third-order valence-electron chi connectivity index (χ3n) is 4.48. The van der Waals surface area contributed by atoms with Crippen LogP contribution in [-0.2, 0) is 0 Å². The average Bonchev–Trinajstić information content (AvgIpc) is 2.74. The average molecular weight is 266 g/mol. The number of hydrogen-bond acceptors (Lipinski definition) is 3. The van der Waals surface area contributed by atoms with Gasteiger partial charge in [-0.3, -0.25) is 4.99 Å². The summed E-state index contributed by atoms with van der Waals surface area (Å²) in [6.45, 7) is 11.4. The lowest BCUT2D eigenvalue weighted by Crippen LogP contribution is -2.49. The number of hydrogen-bond donors (Lipinski definition) is 1. The summed E-state index contributed by atoms with van der Waals surface area (Å²) in [6, 6.07) is 0.891. The highest BCUT2D eigenvalue weighted by atomic mass is 16.3. The van der Waals surface area contributed by atoms with Crippen LogP contribution in [0.1, 0.15) is 66.7 Å². The first-order valence-corrected chi connectivity index (χ1v) is 7.77. The molecule has 1 saturated carbocycles. The van der Waals surface area contributed by atoms with Crippen LogP contribution in [0.2, 0.25) is 0 Å². The van der Waals surface area contributed by atoms with Crippen molar-refractivity contribution in [1.29, 1.82) is 0 Å². The molecule has 0 aromatic heterocycles. The number of rotatable bonds is 2. The number of aliphatic imine (C=N–C) groups is 1. The predicted molar refractivity (Wildman–Crippen MR) is 80.6 cm³/mol. The second kappa shape index (κ2) is 5.08. The van der Waals surface area contributed by atoms with Crippen LogP contribution in [0.25, 0.3) is 0 Å². The molecule has 1 fully saturated rings. The van der Waals surface area contributed by atoms with Crippen LogP contribution in [-0.4, -0.2) is 40.1 Å². The zero-order valence-electron chi connectivity index (χ0n) is 13.2. The normalized spacial score (nSPS) is 26.7. The fourth-order valence-electron chi connectivity index (χ4n) is 3.23. The third-order valence-corrected chi connectivity index (χ3v) is 4.48. The quantitative estimate of drug-likeness (QED) is 0.833. The fourth-order valence-corrected chi connectivity index (χ4v) is 3.23. The van der Waals surface area contributed by atoms with Gasteiger partial charge in [-0.05, 0) is 32.1 Å². The Morgan fingerprint density at radius 2 is 1.63 bits per heavy atom. The second-order valence-electron chi connectivity index (χ2n) is 7.84. The standard InChI is InChI=1S/C16H30N2O/c1-15(2,3)13-11-18(12-9-7-6-8-10-12)14(17-13)16(4,5)19/h12-13,19H,6-11H2,1-5H3/t13-/m1/s1. The summed E-state index contributed by atoms with van der Waals surface area (Å²) in [5.74, 6) is 0.916. The van der Waals surface area contributed by atoms with E-state index in [-0.39, 0.29) is 5.41 Å². The summed E-state index contributed by atoms with van der Waals surface area (Å²) >= 11 is 0. The number of aliphatic hydroxyl groups is 1. The van der Waals surface area contributed by atoms with E-state index < -0.39 is 5.60 Å². The first kappa shape index (κ1) is 14.8. The van der Waals surface area contributed by atoms with E-state index in [1.165, 1.54) is 32.1 Å². The van der Waals surface area contributed by atoms with E-state index in [0.29, 0.717) is 12.1 Å². The lowest BCUT2D eigenvalue weighted by atomic mass is 9.87. The van der Waals surface area contributed by atoms with Gasteiger partial charge in [-0.1, -0.05) is 40.0 Å². The Labute approximate surface area is 118 Å². The molecule has 0 amide bonds. The van der Waals surface area contributed by atoms with Crippen LogP contribution in [0, 0.1) is 5.41 Å². The molecule has 110 valence electrons. The summed E-state index contributed by atoms with van der Waals surface area (Å²) in [4.78, 5) is 7.29. The molecule has 19 heavy (non-hydrogen) atoms. The molecule has 1 heterocycles. The molecule has 1 aliphatic heterocycles. The zero-order valence-corrected chi connectivity index (χ0v) is 13.2. The minimum atomic E-state index is -0.822. The molecule has 1 N–H and O–H groups in total. The Morgan fingerprint density at radius 3 is 2.11 bits per heavy atom. The molecule has 0 aromatic rings. The van der Waals surface area contributed by atoms with Gasteiger partial charge in [0, 0.05) is 12.6 Å². The van der Waals surface area contributed by atoms with Crippen molar-refractivity contribution in [3.63, 3.8) is 0 Å². The maximum atomic E-state index is 10.4. The van der Waals surface area contributed by atoms with Gasteiger partial charge in [0.15, 0.2) is 0 Å². The van der Waals surface area contributed by atoms with Crippen molar-refractivity contribution in [3.05, 3.63) is 0 Å². The Hall–Kier alpha value is -0.570. The zero-order chi connectivity index (χ0) is 14.3. The monoisotopic (exact) mass is 266 g/mol. The summed E-state index contributed by atoms with van der Waals surface area (Å²) in [5, 5.41) is 10.4. The lowest BCUT2D eigenvalue weighted by molar-refractivity contribution is 0.126. The van der Waals surface area contributed by atoms with Crippen LogP contribution in [0.15, 0.2) is 4.99 Å². The molecular formula is C16H30N2O. The SMILES string of the molecule is CC(C)(O)C1=N[C@@H](C(C)(C)C)CN1C1CCCCC1. The van der Waals surface area contributed by atoms with E-state index >= 15 is 0 Å². The minimum absolute atomic E-state index is 0.167. The summed E-state index contributed by atoms with van der Waals surface area (Å²) in [5.41, 5.74) is -0.655. The molecule has 0 aromatic carbocycles. The van der Waals surface area contributed by atoms with Gasteiger partial charge in [-0.2, -0.15) is 0 Å². The van der Waals surface area contributed by atoms with E-state index in [4.69, 9.17) is 4.99 Å². The number of amidine groups is 1. The summed E-state index contributed by atoms with van der Waals surface area (Å²) in [7, 11) is 0. The molecule has 0 unspecified atom stereocenters. The molecule has 0 bridgehead atoms. The largest absolute Gasteiger partial charge is 0.383 e. The van der Waals surface area contributed by atoms with Crippen LogP contribution < -0.4 is 0 Å². The molecule has 0 saturated heterocycles. The molecule has 0 radical (unpaired) electrons. The first-order chi connectivity index (χ1) is 8.69. The molecule has 0 spiro atoms. The molecule has 1 atom stereocenters. The molecule has 2 aliphatic rings. The van der Waals surface area contributed by atoms with Crippen molar-refractivity contribution >= 4 is 5.84 Å². The van der Waals surface area contributed by atoms with E-state index in [9.17, 15) is 5.11 Å². The minimum Gasteiger partial charge on any atom is -0.383 e. The van der Waals surface area contributed by atoms with Gasteiger partial charge in [0.05, 0.1) is 6.04 Å². The van der Waals surface area contributed by atoms with Crippen molar-refractivity contribution in [2.45, 2.75) is 84.4 Å². The Bertz CT molecular complexity index is 343. The fraction of sp³-hybridized carbons (Fsp3) is 0.938. The van der Waals surface area contributed by atoms with Crippen molar-refractivity contribution in [3.8, 4) is 0 Å². The van der Waals surface area contributed by atoms with E-state index in [1.54, 1.807) is 0 Å². The van der Waals surface area contributed by atoms with Gasteiger partial charge < -0.3 is 10.0 Å². The first-order valence-electron chi connectivity index (χ1n) is 7.77. The van der Waals surface area contributed by atoms with Crippen LogP contribution in [0.5, 0.6) is 0 Å². The second-order valence-corrected chi connectivity index (χ2v) is 7.84. The van der Waals surface area contributed by atoms with Gasteiger partial charge in [0.1, 0.15) is 11.4 Å². The Morgan fingerprint density at radius 1 is 1.05 bits per heavy atom.